The number of aliphatic hydroxyl groups excluding tert-OH is 1. The molecular weight excluding hydrogens is 1130 g/mol. The molecule has 7 rings (SSSR count). The van der Waals surface area contributed by atoms with Gasteiger partial charge in [-0.1, -0.05) is 65.5 Å². The molecule has 0 aromatic heterocycles. The molecule has 6 fully saturated rings. The molecule has 2 N–H and O–H groups in total. The number of esters is 7. The fourth-order valence-electron chi connectivity index (χ4n) is 15.0. The topological polar surface area (TPSA) is 323 Å². The summed E-state index contributed by atoms with van der Waals surface area (Å²) in [4.78, 5) is 88.7. The molecule has 3 saturated carbocycles. The Kier molecular flexibility index (Phi) is 22.5. The summed E-state index contributed by atoms with van der Waals surface area (Å²) in [6.45, 7) is 16.9. The molecule has 3 aliphatic heterocycles. The van der Waals surface area contributed by atoms with E-state index in [2.05, 4.69) is 40.7 Å². The molecule has 22 atom stereocenters. The van der Waals surface area contributed by atoms with E-state index in [1.165, 1.54) is 37.7 Å². The van der Waals surface area contributed by atoms with Crippen LogP contribution in [0.3, 0.4) is 0 Å². The first-order valence-corrected chi connectivity index (χ1v) is 30.8. The van der Waals surface area contributed by atoms with Crippen molar-refractivity contribution in [1.82, 2.24) is 0 Å². The van der Waals surface area contributed by atoms with Crippen molar-refractivity contribution in [2.24, 2.45) is 46.3 Å². The van der Waals surface area contributed by atoms with Gasteiger partial charge in [-0.25, -0.2) is 4.18 Å². The number of hydrogen-bond acceptors (Lipinski definition) is 24. The van der Waals surface area contributed by atoms with Gasteiger partial charge in [0.1, 0.15) is 37.1 Å². The Morgan fingerprint density at radius 1 is 0.619 bits per heavy atom. The molecule has 26 heteroatoms. The van der Waals surface area contributed by atoms with Crippen molar-refractivity contribution in [2.45, 2.75) is 246 Å². The zero-order chi connectivity index (χ0) is 61.7. The summed E-state index contributed by atoms with van der Waals surface area (Å²) >= 11 is 0. The zero-order valence-electron chi connectivity index (χ0n) is 50.3. The van der Waals surface area contributed by atoms with Gasteiger partial charge >= 0.3 is 52.2 Å². The van der Waals surface area contributed by atoms with Crippen LogP contribution in [0.4, 0.5) is 0 Å². The summed E-state index contributed by atoms with van der Waals surface area (Å²) in [5.41, 5.74) is 1.24. The van der Waals surface area contributed by atoms with Crippen LogP contribution in [-0.2, 0) is 110 Å². The number of fused-ring (bicyclic) bond motifs is 5. The van der Waals surface area contributed by atoms with Gasteiger partial charge in [0.05, 0.1) is 19.3 Å². The quantitative estimate of drug-likeness (QED) is 0.0599. The summed E-state index contributed by atoms with van der Waals surface area (Å²) in [7, 11) is -5.22. The molecule has 0 aromatic carbocycles. The van der Waals surface area contributed by atoms with Gasteiger partial charge in [0.2, 0.25) is 0 Å². The molecule has 3 heterocycles. The van der Waals surface area contributed by atoms with Crippen molar-refractivity contribution >= 4 is 52.2 Å². The largest absolute Gasteiger partial charge is 0.463 e. The van der Waals surface area contributed by atoms with E-state index in [0.717, 1.165) is 67.7 Å². The molecule has 7 aliphatic rings. The predicted molar refractivity (Wildman–Crippen MR) is 288 cm³/mol. The van der Waals surface area contributed by atoms with E-state index in [0.29, 0.717) is 54.8 Å². The van der Waals surface area contributed by atoms with Gasteiger partial charge in [0, 0.05) is 48.5 Å². The van der Waals surface area contributed by atoms with Crippen molar-refractivity contribution in [2.75, 3.05) is 19.8 Å². The highest BCUT2D eigenvalue weighted by molar-refractivity contribution is 7.80. The van der Waals surface area contributed by atoms with Gasteiger partial charge in [-0.15, -0.1) is 0 Å². The molecule has 0 unspecified atom stereocenters. The van der Waals surface area contributed by atoms with E-state index in [4.69, 9.17) is 65.8 Å². The molecule has 84 heavy (non-hydrogen) atoms. The van der Waals surface area contributed by atoms with Crippen LogP contribution in [-0.4, -0.2) is 172 Å². The number of rotatable bonds is 22. The van der Waals surface area contributed by atoms with Gasteiger partial charge in [-0.2, -0.15) is 8.42 Å². The van der Waals surface area contributed by atoms with Crippen LogP contribution in [0.5, 0.6) is 0 Å². The fraction of sp³-hybridized carbons (Fsp3) is 0.845. The monoisotopic (exact) mass is 1220 g/mol. The Labute approximate surface area is 491 Å². The van der Waals surface area contributed by atoms with Crippen molar-refractivity contribution < 1.29 is 117 Å². The maximum atomic E-state index is 13.0. The van der Waals surface area contributed by atoms with E-state index in [1.54, 1.807) is 0 Å². The van der Waals surface area contributed by atoms with E-state index < -0.39 is 164 Å². The lowest BCUT2D eigenvalue weighted by atomic mass is 9.47. The highest BCUT2D eigenvalue weighted by Crippen LogP contribution is 2.67. The SMILES string of the molecule is CC(=O)OC[C@H]1O[C@@H](O[C@H]2[C@H](O[C@H]3CC[C@@]4(C)C(=CC[C@H]5[C@@H]6CC[C@H]([C@H](C)CCCC(C)C)[C@@]6(C)CC[C@@H]54)C3)O[C@H](COS(=O)(=O)O)[C@@H](O)[C@@H]2O[C@@H]2OC[C@@H](OC(C)=O)[C@H](OC(C)=O)[C@H]2OC(C)=O)[C@H](OC(C)=O)[C@@H](OC(C)=O)[C@H]1OC(C)=O. The third-order valence-corrected chi connectivity index (χ3v) is 18.9. The molecule has 476 valence electrons. The average molecular weight is 1220 g/mol. The van der Waals surface area contributed by atoms with Crippen molar-refractivity contribution in [3.8, 4) is 0 Å². The third-order valence-electron chi connectivity index (χ3n) is 18.4. The number of hydrogen-bond donors (Lipinski definition) is 2. The van der Waals surface area contributed by atoms with Gasteiger partial charge in [0.15, 0.2) is 55.5 Å². The van der Waals surface area contributed by atoms with Crippen LogP contribution in [0.1, 0.15) is 154 Å². The van der Waals surface area contributed by atoms with E-state index >= 15 is 0 Å². The first-order valence-electron chi connectivity index (χ1n) is 29.4. The van der Waals surface area contributed by atoms with Crippen LogP contribution < -0.4 is 0 Å². The Balaban J connectivity index is 1.28. The number of allylic oxidation sites excluding steroid dienone is 1. The number of aliphatic hydroxyl groups is 1. The van der Waals surface area contributed by atoms with Gasteiger partial charge < -0.3 is 66.7 Å². The first kappa shape index (κ1) is 67.1. The fourth-order valence-corrected chi connectivity index (χ4v) is 15.3. The lowest BCUT2D eigenvalue weighted by Gasteiger charge is -2.58. The average Bonchev–Trinajstić information content (AvgIpc) is 1.52. The smallest absolute Gasteiger partial charge is 0.397 e. The second-order valence-corrected chi connectivity index (χ2v) is 25.9. The third kappa shape index (κ3) is 16.2. The molecule has 0 spiro atoms. The number of ether oxygens (including phenoxy) is 13. The highest BCUT2D eigenvalue weighted by atomic mass is 32.3. The van der Waals surface area contributed by atoms with Crippen LogP contribution in [0.25, 0.3) is 0 Å². The second kappa shape index (κ2) is 28.2. The second-order valence-electron chi connectivity index (χ2n) is 24.8. The Morgan fingerprint density at radius 3 is 1.80 bits per heavy atom. The normalized spacial score (nSPS) is 38.8. The number of carbonyl (C=O) groups is 7. The molecular formula is C58H88O25S. The lowest BCUT2D eigenvalue weighted by molar-refractivity contribution is -0.391. The zero-order valence-corrected chi connectivity index (χ0v) is 51.1. The summed E-state index contributed by atoms with van der Waals surface area (Å²) in [5, 5.41) is 12.5. The van der Waals surface area contributed by atoms with Gasteiger partial charge in [0.25, 0.3) is 0 Å². The summed E-state index contributed by atoms with van der Waals surface area (Å²) in [6.07, 6.45) is -12.4. The van der Waals surface area contributed by atoms with E-state index in [-0.39, 0.29) is 10.8 Å². The summed E-state index contributed by atoms with van der Waals surface area (Å²) < 4.78 is 117. The Hall–Kier alpha value is -4.38. The lowest BCUT2D eigenvalue weighted by Crippen LogP contribution is -2.68. The minimum atomic E-state index is -5.22. The molecule has 0 bridgehead atoms. The summed E-state index contributed by atoms with van der Waals surface area (Å²) in [6, 6.07) is 0. The Bertz CT molecular complexity index is 2500. The standard InChI is InChI=1S/C58H88O25S/c1-28(2)14-13-15-29(3)40-18-19-41-39-17-16-37-24-38(20-22-57(37,11)42(39)21-23-58(40,41)12)79-55-52(83-56-53(78-36(10)65)50(76-34(8)63)47(74-32(6)61)45(81-56)25-70-30(4)59)49(46(66)43(80-55)27-72-84(67,68)69)82-54-51(77-35(9)64)48(75-33(7)62)44(26-71-54)73-31(5)60/h16,28-29,38-56,66H,13-15,17-27H2,1-12H3,(H,67,68,69)/t29-,38+,39+,40-,41+,42+,43-,44-,45-,46-,47+,48+,49+,50+,51-,52-,53-,54+,55-,56+,57+,58-/m1/s1. The minimum Gasteiger partial charge on any atom is -0.463 e. The van der Waals surface area contributed by atoms with Gasteiger partial charge in [-0.05, 0) is 97.7 Å². The highest BCUT2D eigenvalue weighted by Gasteiger charge is 2.62. The van der Waals surface area contributed by atoms with E-state index in [9.17, 15) is 51.6 Å². The van der Waals surface area contributed by atoms with Gasteiger partial charge in [-0.3, -0.25) is 38.1 Å². The predicted octanol–water partition coefficient (Wildman–Crippen LogP) is 5.32. The van der Waals surface area contributed by atoms with Crippen LogP contribution in [0.2, 0.25) is 0 Å². The number of carbonyl (C=O) groups excluding carboxylic acids is 7. The first-order chi connectivity index (χ1) is 39.4. The molecule has 4 aliphatic carbocycles. The molecule has 0 amide bonds. The molecule has 0 aromatic rings. The van der Waals surface area contributed by atoms with Crippen molar-refractivity contribution in [3.05, 3.63) is 11.6 Å². The van der Waals surface area contributed by atoms with Crippen LogP contribution >= 0.6 is 0 Å². The minimum absolute atomic E-state index is 0.192. The van der Waals surface area contributed by atoms with E-state index in [1.807, 2.05) is 0 Å². The molecule has 25 nitrogen and oxygen atoms in total. The van der Waals surface area contributed by atoms with Crippen molar-refractivity contribution in [3.63, 3.8) is 0 Å². The molecule has 3 saturated heterocycles. The van der Waals surface area contributed by atoms with Crippen molar-refractivity contribution in [1.29, 1.82) is 0 Å². The summed E-state index contributed by atoms with van der Waals surface area (Å²) in [5.74, 6) is -2.86. The maximum absolute atomic E-state index is 13.0. The van der Waals surface area contributed by atoms with Crippen LogP contribution in [0, 0.1) is 46.3 Å². The molecule has 0 radical (unpaired) electrons. The maximum Gasteiger partial charge on any atom is 0.397 e. The Morgan fingerprint density at radius 2 is 1.19 bits per heavy atom. The van der Waals surface area contributed by atoms with Crippen LogP contribution in [0.15, 0.2) is 11.6 Å².